The normalized spacial score (nSPS) is 21.1. The van der Waals surface area contributed by atoms with Gasteiger partial charge in [0.05, 0.1) is 0 Å². The smallest absolute Gasteiger partial charge is 0.222 e. The minimum Gasteiger partial charge on any atom is -0.489 e. The molecule has 1 aliphatic heterocycles. The van der Waals surface area contributed by atoms with E-state index in [1.54, 1.807) is 12.3 Å². The number of hydrogen-bond donors (Lipinski definition) is 0. The number of benzene rings is 2. The molecule has 0 radical (unpaired) electrons. The number of carbonyl (C=O) groups is 1. The number of carbonyl (C=O) groups excluding carboxylic acids is 1. The van der Waals surface area contributed by atoms with Crippen LogP contribution < -0.4 is 9.47 Å². The molecule has 1 aliphatic carbocycles. The van der Waals surface area contributed by atoms with Crippen LogP contribution in [0.5, 0.6) is 17.4 Å². The number of halogens is 2. The quantitative estimate of drug-likeness (QED) is 0.626. The molecule has 1 fully saturated rings. The Hall–Kier alpha value is -3.35. The summed E-state index contributed by atoms with van der Waals surface area (Å²) in [4.78, 5) is 20.3. The highest BCUT2D eigenvalue weighted by Crippen LogP contribution is 2.60. The average Bonchev–Trinajstić information content (AvgIpc) is 3.22. The fourth-order valence-electron chi connectivity index (χ4n) is 3.93. The molecule has 0 spiro atoms. The number of Topliss-reactive ketones (excluding diaryl/α,β-unsaturated/α-hetero) is 1. The summed E-state index contributed by atoms with van der Waals surface area (Å²) in [7, 11) is 0. The molecule has 5 rings (SSSR count). The van der Waals surface area contributed by atoms with Crippen molar-refractivity contribution in [3.63, 3.8) is 0 Å². The molecule has 146 valence electrons. The van der Waals surface area contributed by atoms with Gasteiger partial charge < -0.3 is 9.47 Å². The van der Waals surface area contributed by atoms with Gasteiger partial charge in [-0.25, -0.2) is 18.7 Å². The summed E-state index contributed by atoms with van der Waals surface area (Å²) in [5, 5.41) is 0. The van der Waals surface area contributed by atoms with E-state index in [0.717, 1.165) is 23.4 Å². The second kappa shape index (κ2) is 6.92. The molecule has 5 nitrogen and oxygen atoms in total. The van der Waals surface area contributed by atoms with E-state index in [1.807, 2.05) is 18.2 Å². The maximum absolute atomic E-state index is 13.3. The Morgan fingerprint density at radius 1 is 1.10 bits per heavy atom. The lowest BCUT2D eigenvalue weighted by atomic mass is 10.0. The third-order valence-electron chi connectivity index (χ3n) is 5.33. The second-order valence-corrected chi connectivity index (χ2v) is 7.29. The van der Waals surface area contributed by atoms with Gasteiger partial charge in [0, 0.05) is 42.5 Å². The van der Waals surface area contributed by atoms with Crippen LogP contribution in [0.25, 0.3) is 0 Å². The Balaban J connectivity index is 1.24. The summed E-state index contributed by atoms with van der Waals surface area (Å²) in [5.74, 6) is 0.265. The van der Waals surface area contributed by atoms with Crippen LogP contribution in [0.4, 0.5) is 8.78 Å². The molecule has 2 heterocycles. The zero-order chi connectivity index (χ0) is 20.0. The third kappa shape index (κ3) is 3.44. The first-order chi connectivity index (χ1) is 14.1. The minimum atomic E-state index is -0.938. The highest BCUT2D eigenvalue weighted by atomic mass is 19.2. The van der Waals surface area contributed by atoms with Gasteiger partial charge in [-0.3, -0.25) is 4.79 Å². The highest BCUT2D eigenvalue weighted by Gasteiger charge is 2.58. The molecular weight excluding hydrogens is 378 g/mol. The van der Waals surface area contributed by atoms with Crippen LogP contribution in [-0.2, 0) is 11.2 Å². The van der Waals surface area contributed by atoms with E-state index >= 15 is 0 Å². The van der Waals surface area contributed by atoms with Gasteiger partial charge in [-0.2, -0.15) is 0 Å². The summed E-state index contributed by atoms with van der Waals surface area (Å²) >= 11 is 0. The lowest BCUT2D eigenvalue weighted by Crippen LogP contribution is -2.08. The number of ketones is 1. The van der Waals surface area contributed by atoms with Crippen LogP contribution >= 0.6 is 0 Å². The zero-order valence-electron chi connectivity index (χ0n) is 15.2. The lowest BCUT2D eigenvalue weighted by molar-refractivity contribution is -0.118. The summed E-state index contributed by atoms with van der Waals surface area (Å²) < 4.78 is 38.0. The monoisotopic (exact) mass is 394 g/mol. The predicted octanol–water partition coefficient (Wildman–Crippen LogP) is 4.22. The molecular formula is C22H16F2N2O3. The Labute approximate surface area is 165 Å². The Morgan fingerprint density at radius 2 is 2.00 bits per heavy atom. The molecule has 3 atom stereocenters. The first kappa shape index (κ1) is 17.7. The molecule has 2 aromatic carbocycles. The van der Waals surface area contributed by atoms with Crippen molar-refractivity contribution in [2.24, 2.45) is 5.92 Å². The van der Waals surface area contributed by atoms with Gasteiger partial charge in [-0.05, 0) is 35.9 Å². The molecule has 29 heavy (non-hydrogen) atoms. The molecule has 2 aliphatic rings. The van der Waals surface area contributed by atoms with E-state index in [9.17, 15) is 13.6 Å². The van der Waals surface area contributed by atoms with Crippen LogP contribution in [0.15, 0.2) is 55.0 Å². The molecule has 0 N–H and O–H groups in total. The van der Waals surface area contributed by atoms with Crippen molar-refractivity contribution < 1.29 is 23.0 Å². The van der Waals surface area contributed by atoms with Crippen molar-refractivity contribution in [1.29, 1.82) is 0 Å². The Morgan fingerprint density at radius 3 is 2.79 bits per heavy atom. The zero-order valence-corrected chi connectivity index (χ0v) is 15.2. The van der Waals surface area contributed by atoms with Crippen molar-refractivity contribution >= 4 is 5.78 Å². The van der Waals surface area contributed by atoms with Crippen LogP contribution in [0.3, 0.4) is 0 Å². The van der Waals surface area contributed by atoms with Gasteiger partial charge in [0.2, 0.25) is 5.88 Å². The van der Waals surface area contributed by atoms with E-state index in [1.165, 1.54) is 12.4 Å². The fourth-order valence-corrected chi connectivity index (χ4v) is 3.93. The Kier molecular flexibility index (Phi) is 4.23. The largest absolute Gasteiger partial charge is 0.489 e. The van der Waals surface area contributed by atoms with Gasteiger partial charge in [0.15, 0.2) is 11.6 Å². The first-order valence-corrected chi connectivity index (χ1v) is 9.28. The summed E-state index contributed by atoms with van der Waals surface area (Å²) in [6.45, 7) is 0. The SMILES string of the molecule is O=C(Cc1ccc(F)c(F)c1)C[C@@H]1[C@H]2Oc3ccc(Oc4ccncn4)cc3[C@@H]12. The van der Waals surface area contributed by atoms with Crippen LogP contribution in [0.2, 0.25) is 0 Å². The van der Waals surface area contributed by atoms with Crippen molar-refractivity contribution in [3.8, 4) is 17.4 Å². The molecule has 0 amide bonds. The van der Waals surface area contributed by atoms with E-state index in [-0.39, 0.29) is 30.1 Å². The van der Waals surface area contributed by atoms with E-state index in [0.29, 0.717) is 23.6 Å². The van der Waals surface area contributed by atoms with Gasteiger partial charge in [-0.1, -0.05) is 6.07 Å². The van der Waals surface area contributed by atoms with E-state index < -0.39 is 11.6 Å². The number of aromatic nitrogens is 2. The van der Waals surface area contributed by atoms with Crippen LogP contribution in [0.1, 0.15) is 23.5 Å². The Bertz CT molecular complexity index is 1090. The van der Waals surface area contributed by atoms with Crippen molar-refractivity contribution in [2.45, 2.75) is 24.9 Å². The van der Waals surface area contributed by atoms with E-state index in [2.05, 4.69) is 9.97 Å². The fraction of sp³-hybridized carbons (Fsp3) is 0.227. The average molecular weight is 394 g/mol. The third-order valence-corrected chi connectivity index (χ3v) is 5.33. The lowest BCUT2D eigenvalue weighted by Gasteiger charge is -2.10. The summed E-state index contributed by atoms with van der Waals surface area (Å²) in [6, 6.07) is 10.8. The number of nitrogens with zero attached hydrogens (tertiary/aromatic N) is 2. The maximum atomic E-state index is 13.3. The standard InChI is InChI=1S/C22H16F2N2O3/c23-17-3-1-12(8-18(17)24)7-13(27)9-16-21-15-10-14(2-4-19(15)29-22(16)21)28-20-5-6-25-11-26-20/h1-6,8,10-11,16,21-22H,7,9H2/t16-,21-,22+/m0/s1. The molecule has 0 unspecified atom stereocenters. The highest BCUT2D eigenvalue weighted by molar-refractivity contribution is 5.82. The van der Waals surface area contributed by atoms with Gasteiger partial charge >= 0.3 is 0 Å². The topological polar surface area (TPSA) is 61.3 Å². The number of rotatable bonds is 6. The summed E-state index contributed by atoms with van der Waals surface area (Å²) in [6.07, 6.45) is 3.41. The molecule has 1 aromatic heterocycles. The predicted molar refractivity (Wildman–Crippen MR) is 98.9 cm³/mol. The number of ether oxygens (including phenoxy) is 2. The van der Waals surface area contributed by atoms with Gasteiger partial charge in [0.25, 0.3) is 0 Å². The van der Waals surface area contributed by atoms with Crippen molar-refractivity contribution in [3.05, 3.63) is 77.8 Å². The molecule has 1 saturated carbocycles. The molecule has 7 heteroatoms. The first-order valence-electron chi connectivity index (χ1n) is 9.28. The molecule has 3 aromatic rings. The molecule has 0 saturated heterocycles. The summed E-state index contributed by atoms with van der Waals surface area (Å²) in [5.41, 5.74) is 1.49. The van der Waals surface area contributed by atoms with Crippen molar-refractivity contribution in [2.75, 3.05) is 0 Å². The van der Waals surface area contributed by atoms with Gasteiger partial charge in [-0.15, -0.1) is 0 Å². The van der Waals surface area contributed by atoms with Crippen LogP contribution in [-0.4, -0.2) is 21.9 Å². The maximum Gasteiger partial charge on any atom is 0.222 e. The van der Waals surface area contributed by atoms with Gasteiger partial charge in [0.1, 0.15) is 29.7 Å². The second-order valence-electron chi connectivity index (χ2n) is 7.29. The van der Waals surface area contributed by atoms with E-state index in [4.69, 9.17) is 9.47 Å². The minimum absolute atomic E-state index is 0.0195. The van der Waals surface area contributed by atoms with Crippen LogP contribution in [0, 0.1) is 17.6 Å². The molecule has 0 bridgehead atoms. The number of hydrogen-bond acceptors (Lipinski definition) is 5. The van der Waals surface area contributed by atoms with Crippen molar-refractivity contribution in [1.82, 2.24) is 9.97 Å². The number of fused-ring (bicyclic) bond motifs is 3.